The third-order valence-corrected chi connectivity index (χ3v) is 5.08. The van der Waals surface area contributed by atoms with E-state index in [1.165, 1.54) is 25.9 Å². The Hall–Kier alpha value is -1.92. The molecule has 3 N–H and O–H groups in total. The van der Waals surface area contributed by atoms with E-state index in [0.717, 1.165) is 29.1 Å². The van der Waals surface area contributed by atoms with Crippen LogP contribution in [0.3, 0.4) is 0 Å². The maximum Gasteiger partial charge on any atom is 0.336 e. The third kappa shape index (κ3) is 2.28. The topological polar surface area (TPSA) is 81.2 Å². The molecule has 1 atom stereocenters. The fourth-order valence-electron chi connectivity index (χ4n) is 3.87. The van der Waals surface area contributed by atoms with Crippen LogP contribution in [0, 0.1) is 5.92 Å². The lowest BCUT2D eigenvalue weighted by Gasteiger charge is -2.45. The van der Waals surface area contributed by atoms with Crippen LogP contribution in [0.25, 0.3) is 10.9 Å². The van der Waals surface area contributed by atoms with Crippen LogP contribution < -0.4 is 5.32 Å². The van der Waals surface area contributed by atoms with Gasteiger partial charge in [-0.2, -0.15) is 5.10 Å². The molecular formula is C16H20N4O2. The van der Waals surface area contributed by atoms with Gasteiger partial charge in [-0.25, -0.2) is 4.79 Å². The van der Waals surface area contributed by atoms with E-state index in [1.807, 2.05) is 6.07 Å². The molecule has 3 fully saturated rings. The molecule has 2 aromatic rings. The van der Waals surface area contributed by atoms with Crippen molar-refractivity contribution in [1.82, 2.24) is 20.4 Å². The molecule has 2 bridgehead atoms. The number of aromatic nitrogens is 2. The van der Waals surface area contributed by atoms with Gasteiger partial charge in [0.05, 0.1) is 16.8 Å². The van der Waals surface area contributed by atoms with E-state index in [-0.39, 0.29) is 0 Å². The number of aromatic amines is 1. The van der Waals surface area contributed by atoms with Crippen molar-refractivity contribution in [3.63, 3.8) is 0 Å². The maximum absolute atomic E-state index is 11.4. The Morgan fingerprint density at radius 2 is 2.23 bits per heavy atom. The molecule has 116 valence electrons. The van der Waals surface area contributed by atoms with Crippen LogP contribution in [0.2, 0.25) is 0 Å². The number of fused-ring (bicyclic) bond motifs is 4. The van der Waals surface area contributed by atoms with E-state index in [1.54, 1.807) is 12.1 Å². The van der Waals surface area contributed by atoms with Crippen LogP contribution in [0.4, 0.5) is 0 Å². The van der Waals surface area contributed by atoms with Crippen molar-refractivity contribution >= 4 is 16.9 Å². The maximum atomic E-state index is 11.4. The smallest absolute Gasteiger partial charge is 0.336 e. The Labute approximate surface area is 128 Å². The molecule has 5 rings (SSSR count). The second kappa shape index (κ2) is 5.37. The van der Waals surface area contributed by atoms with Gasteiger partial charge >= 0.3 is 5.97 Å². The Balaban J connectivity index is 1.56. The lowest BCUT2D eigenvalue weighted by Crippen LogP contribution is -2.55. The van der Waals surface area contributed by atoms with E-state index in [9.17, 15) is 9.90 Å². The zero-order valence-corrected chi connectivity index (χ0v) is 12.4. The van der Waals surface area contributed by atoms with Crippen LogP contribution in [0.5, 0.6) is 0 Å². The number of nitrogens with one attached hydrogen (secondary N) is 2. The molecular weight excluding hydrogens is 280 g/mol. The van der Waals surface area contributed by atoms with Gasteiger partial charge in [-0.3, -0.25) is 5.10 Å². The predicted molar refractivity (Wildman–Crippen MR) is 82.8 cm³/mol. The molecule has 1 aromatic carbocycles. The molecule has 4 heterocycles. The normalized spacial score (nSPS) is 27.4. The first-order valence-electron chi connectivity index (χ1n) is 7.87. The van der Waals surface area contributed by atoms with Gasteiger partial charge in [0, 0.05) is 24.5 Å². The quantitative estimate of drug-likeness (QED) is 0.796. The van der Waals surface area contributed by atoms with Gasteiger partial charge < -0.3 is 15.3 Å². The molecule has 1 aromatic heterocycles. The number of aromatic carboxylic acids is 1. The molecule has 0 radical (unpaired) electrons. The van der Waals surface area contributed by atoms with Crippen molar-refractivity contribution in [2.45, 2.75) is 25.4 Å². The number of carboxylic acids is 1. The van der Waals surface area contributed by atoms with Crippen molar-refractivity contribution in [2.24, 2.45) is 5.92 Å². The monoisotopic (exact) mass is 300 g/mol. The van der Waals surface area contributed by atoms with Gasteiger partial charge in [0.15, 0.2) is 0 Å². The number of piperidine rings is 3. The fourth-order valence-corrected chi connectivity index (χ4v) is 3.87. The highest BCUT2D eigenvalue weighted by Gasteiger charge is 2.33. The summed E-state index contributed by atoms with van der Waals surface area (Å²) in [6, 6.07) is 5.74. The van der Waals surface area contributed by atoms with Crippen LogP contribution in [0.1, 0.15) is 28.9 Å². The lowest BCUT2D eigenvalue weighted by molar-refractivity contribution is 0.0698. The lowest BCUT2D eigenvalue weighted by atomic mass is 9.84. The molecule has 3 aliphatic rings. The average molecular weight is 300 g/mol. The highest BCUT2D eigenvalue weighted by Crippen LogP contribution is 2.28. The molecule has 6 nitrogen and oxygen atoms in total. The minimum absolute atomic E-state index is 0.317. The SMILES string of the molecule is O=C(O)c1cccc2[nH]nc(CNC3CN4CCC3CC4)c12. The first-order valence-corrected chi connectivity index (χ1v) is 7.87. The van der Waals surface area contributed by atoms with Crippen molar-refractivity contribution in [2.75, 3.05) is 19.6 Å². The highest BCUT2D eigenvalue weighted by atomic mass is 16.4. The van der Waals surface area contributed by atoms with Gasteiger partial charge in [0.1, 0.15) is 0 Å². The molecule has 3 saturated heterocycles. The number of carboxylic acid groups (broad SMARTS) is 1. The molecule has 0 aliphatic carbocycles. The Bertz CT molecular complexity index is 703. The number of hydrogen-bond donors (Lipinski definition) is 3. The summed E-state index contributed by atoms with van der Waals surface area (Å²) in [5.74, 6) is -0.162. The summed E-state index contributed by atoms with van der Waals surface area (Å²) in [6.07, 6.45) is 2.53. The van der Waals surface area contributed by atoms with E-state index in [2.05, 4.69) is 20.4 Å². The summed E-state index contributed by atoms with van der Waals surface area (Å²) < 4.78 is 0. The summed E-state index contributed by atoms with van der Waals surface area (Å²) in [5.41, 5.74) is 1.90. The first-order chi connectivity index (χ1) is 10.7. The molecule has 3 aliphatic heterocycles. The van der Waals surface area contributed by atoms with E-state index in [4.69, 9.17) is 0 Å². The fraction of sp³-hybridized carbons (Fsp3) is 0.500. The molecule has 1 unspecified atom stereocenters. The first kappa shape index (κ1) is 13.7. The average Bonchev–Trinajstić information content (AvgIpc) is 2.97. The van der Waals surface area contributed by atoms with Crippen LogP contribution in [-0.4, -0.2) is 51.8 Å². The Kier molecular flexibility index (Phi) is 3.35. The molecule has 6 heteroatoms. The number of benzene rings is 1. The van der Waals surface area contributed by atoms with Gasteiger partial charge in [0.2, 0.25) is 0 Å². The number of carbonyl (C=O) groups is 1. The highest BCUT2D eigenvalue weighted by molar-refractivity contribution is 6.03. The van der Waals surface area contributed by atoms with Crippen LogP contribution in [0.15, 0.2) is 18.2 Å². The van der Waals surface area contributed by atoms with Crippen molar-refractivity contribution < 1.29 is 9.90 Å². The summed E-state index contributed by atoms with van der Waals surface area (Å²) in [6.45, 7) is 4.15. The largest absolute Gasteiger partial charge is 0.478 e. The van der Waals surface area contributed by atoms with Crippen molar-refractivity contribution in [1.29, 1.82) is 0 Å². The summed E-state index contributed by atoms with van der Waals surface area (Å²) in [5, 5.41) is 20.9. The zero-order chi connectivity index (χ0) is 15.1. The van der Waals surface area contributed by atoms with Gasteiger partial charge in [-0.1, -0.05) is 6.07 Å². The standard InChI is InChI=1S/C16H20N4O2/c21-16(22)11-2-1-3-12-15(11)13(19-18-12)8-17-14-9-20-6-4-10(14)5-7-20/h1-3,10,14,17H,4-9H2,(H,18,19)(H,21,22). The predicted octanol–water partition coefficient (Wildman–Crippen LogP) is 1.44. The Morgan fingerprint density at radius 3 is 2.91 bits per heavy atom. The van der Waals surface area contributed by atoms with Gasteiger partial charge in [-0.05, 0) is 44.0 Å². The number of nitrogens with zero attached hydrogens (tertiary/aromatic N) is 2. The Morgan fingerprint density at radius 1 is 1.41 bits per heavy atom. The van der Waals surface area contributed by atoms with Crippen LogP contribution >= 0.6 is 0 Å². The van der Waals surface area contributed by atoms with Gasteiger partial charge in [0.25, 0.3) is 0 Å². The van der Waals surface area contributed by atoms with E-state index < -0.39 is 5.97 Å². The summed E-state index contributed by atoms with van der Waals surface area (Å²) in [7, 11) is 0. The van der Waals surface area contributed by atoms with Crippen LogP contribution in [-0.2, 0) is 6.54 Å². The summed E-state index contributed by atoms with van der Waals surface area (Å²) >= 11 is 0. The summed E-state index contributed by atoms with van der Waals surface area (Å²) in [4.78, 5) is 13.9. The molecule has 0 spiro atoms. The number of rotatable bonds is 4. The second-order valence-corrected chi connectivity index (χ2v) is 6.33. The van der Waals surface area contributed by atoms with Gasteiger partial charge in [-0.15, -0.1) is 0 Å². The molecule has 22 heavy (non-hydrogen) atoms. The molecule has 0 amide bonds. The minimum Gasteiger partial charge on any atom is -0.478 e. The van der Waals surface area contributed by atoms with E-state index in [0.29, 0.717) is 18.2 Å². The third-order valence-electron chi connectivity index (χ3n) is 5.08. The number of H-pyrrole nitrogens is 1. The minimum atomic E-state index is -0.906. The second-order valence-electron chi connectivity index (χ2n) is 6.33. The number of hydrogen-bond acceptors (Lipinski definition) is 4. The zero-order valence-electron chi connectivity index (χ0n) is 12.4. The molecule has 0 saturated carbocycles. The van der Waals surface area contributed by atoms with E-state index >= 15 is 0 Å². The van der Waals surface area contributed by atoms with Crippen molar-refractivity contribution in [3.05, 3.63) is 29.5 Å². The van der Waals surface area contributed by atoms with Crippen molar-refractivity contribution in [3.8, 4) is 0 Å².